The van der Waals surface area contributed by atoms with Gasteiger partial charge in [0.2, 0.25) is 0 Å². The maximum absolute atomic E-state index is 12.5. The number of nitrogens with zero attached hydrogens (tertiary/aromatic N) is 1. The van der Waals surface area contributed by atoms with Gasteiger partial charge in [-0.2, -0.15) is 0 Å². The first-order valence-corrected chi connectivity index (χ1v) is 8.44. The molecule has 0 fully saturated rings. The van der Waals surface area contributed by atoms with Gasteiger partial charge in [0.05, 0.1) is 11.0 Å². The predicted octanol–water partition coefficient (Wildman–Crippen LogP) is 5.70. The van der Waals surface area contributed by atoms with Gasteiger partial charge in [-0.15, -0.1) is 13.2 Å². The number of ether oxygens (including phenoxy) is 1. The monoisotopic (exact) mass is 366 g/mol. The van der Waals surface area contributed by atoms with E-state index in [4.69, 9.17) is 0 Å². The predicted molar refractivity (Wildman–Crippen MR) is 96.5 cm³/mol. The smallest absolute Gasteiger partial charge is 0.406 e. The van der Waals surface area contributed by atoms with Crippen molar-refractivity contribution in [1.29, 1.82) is 0 Å². The minimum Gasteiger partial charge on any atom is -0.406 e. The van der Waals surface area contributed by atoms with Crippen molar-refractivity contribution in [3.05, 3.63) is 71.8 Å². The number of halogens is 3. The van der Waals surface area contributed by atoms with Gasteiger partial charge < -0.3 is 9.72 Å². The van der Waals surface area contributed by atoms with Crippen molar-refractivity contribution >= 4 is 11.0 Å². The summed E-state index contributed by atoms with van der Waals surface area (Å²) in [6.45, 7) is 0. The van der Waals surface area contributed by atoms with Crippen molar-refractivity contribution in [3.8, 4) is 28.3 Å². The van der Waals surface area contributed by atoms with Gasteiger partial charge in [0.1, 0.15) is 11.6 Å². The van der Waals surface area contributed by atoms with Crippen LogP contribution in [0.5, 0.6) is 5.75 Å². The summed E-state index contributed by atoms with van der Waals surface area (Å²) in [4.78, 5) is 7.72. The van der Waals surface area contributed by atoms with Crippen LogP contribution in [-0.4, -0.2) is 16.3 Å². The van der Waals surface area contributed by atoms with Gasteiger partial charge in [-0.05, 0) is 40.8 Å². The van der Waals surface area contributed by atoms with Gasteiger partial charge in [0.25, 0.3) is 0 Å². The molecule has 0 aliphatic heterocycles. The quantitative estimate of drug-likeness (QED) is 0.435. The molecule has 0 saturated carbocycles. The van der Waals surface area contributed by atoms with Crippen LogP contribution in [0, 0.1) is 0 Å². The first kappa shape index (κ1) is 15.9. The van der Waals surface area contributed by atoms with E-state index in [0.29, 0.717) is 16.9 Å². The number of aromatic nitrogens is 2. The van der Waals surface area contributed by atoms with Gasteiger partial charge in [-0.3, -0.25) is 0 Å². The molecule has 1 aliphatic carbocycles. The summed E-state index contributed by atoms with van der Waals surface area (Å²) < 4.78 is 41.4. The van der Waals surface area contributed by atoms with Crippen LogP contribution in [0.2, 0.25) is 0 Å². The van der Waals surface area contributed by atoms with Crippen molar-refractivity contribution in [3.63, 3.8) is 0 Å². The van der Waals surface area contributed by atoms with Crippen LogP contribution in [0.15, 0.2) is 60.7 Å². The molecule has 1 heterocycles. The number of fused-ring (bicyclic) bond motifs is 4. The Morgan fingerprint density at radius 3 is 2.52 bits per heavy atom. The third-order valence-electron chi connectivity index (χ3n) is 4.76. The van der Waals surface area contributed by atoms with Crippen molar-refractivity contribution < 1.29 is 17.9 Å². The zero-order valence-corrected chi connectivity index (χ0v) is 14.0. The molecule has 4 aromatic rings. The third kappa shape index (κ3) is 2.73. The maximum Gasteiger partial charge on any atom is 0.573 e. The summed E-state index contributed by atoms with van der Waals surface area (Å²) >= 11 is 0. The lowest BCUT2D eigenvalue weighted by Crippen LogP contribution is -2.16. The standard InChI is InChI=1S/C21H13F3N2O/c22-21(23,24)27-14-8-9-17-18(11-14)26-20(25-17)16-7-3-5-13-10-12-4-1-2-6-15(12)19(13)16/h1-9,11H,10H2,(H,25,26). The number of rotatable bonds is 2. The summed E-state index contributed by atoms with van der Waals surface area (Å²) in [6, 6.07) is 18.4. The largest absolute Gasteiger partial charge is 0.573 e. The Morgan fingerprint density at radius 1 is 0.889 bits per heavy atom. The topological polar surface area (TPSA) is 37.9 Å². The zero-order valence-electron chi connectivity index (χ0n) is 14.0. The molecule has 0 saturated heterocycles. The number of benzene rings is 3. The van der Waals surface area contributed by atoms with Gasteiger partial charge in [-0.25, -0.2) is 4.98 Å². The number of hydrogen-bond acceptors (Lipinski definition) is 2. The average molecular weight is 366 g/mol. The molecule has 5 rings (SSSR count). The minimum absolute atomic E-state index is 0.270. The molecule has 27 heavy (non-hydrogen) atoms. The highest BCUT2D eigenvalue weighted by Gasteiger charge is 2.31. The molecule has 1 aromatic heterocycles. The maximum atomic E-state index is 12.5. The molecule has 6 heteroatoms. The van der Waals surface area contributed by atoms with E-state index in [2.05, 4.69) is 32.9 Å². The molecule has 1 aliphatic rings. The van der Waals surface area contributed by atoms with E-state index >= 15 is 0 Å². The molecule has 3 aromatic carbocycles. The Morgan fingerprint density at radius 2 is 1.67 bits per heavy atom. The Hall–Kier alpha value is -3.28. The summed E-state index contributed by atoms with van der Waals surface area (Å²) in [5.74, 6) is 0.358. The molecular formula is C21H13F3N2O. The second kappa shape index (κ2) is 5.61. The van der Waals surface area contributed by atoms with E-state index in [1.165, 1.54) is 34.9 Å². The number of nitrogens with one attached hydrogen (secondary N) is 1. The first-order valence-electron chi connectivity index (χ1n) is 8.44. The van der Waals surface area contributed by atoms with Gasteiger partial charge >= 0.3 is 6.36 Å². The average Bonchev–Trinajstić information content (AvgIpc) is 3.20. The Balaban J connectivity index is 1.63. The van der Waals surface area contributed by atoms with Crippen LogP contribution >= 0.6 is 0 Å². The molecule has 1 N–H and O–H groups in total. The SMILES string of the molecule is FC(F)(F)Oc1ccc2nc(-c3cccc4c3-c3ccccc3C4)[nH]c2c1. The number of H-pyrrole nitrogens is 1. The highest BCUT2D eigenvalue weighted by molar-refractivity contribution is 5.91. The van der Waals surface area contributed by atoms with Crippen LogP contribution in [-0.2, 0) is 6.42 Å². The molecule has 134 valence electrons. The summed E-state index contributed by atoms with van der Waals surface area (Å²) in [6.07, 6.45) is -3.86. The van der Waals surface area contributed by atoms with Crippen molar-refractivity contribution in [2.45, 2.75) is 12.8 Å². The lowest BCUT2D eigenvalue weighted by atomic mass is 9.99. The highest BCUT2D eigenvalue weighted by Crippen LogP contribution is 2.42. The van der Waals surface area contributed by atoms with Gasteiger partial charge in [0, 0.05) is 11.6 Å². The van der Waals surface area contributed by atoms with Crippen LogP contribution in [0.25, 0.3) is 33.5 Å². The molecule has 0 unspecified atom stereocenters. The summed E-state index contributed by atoms with van der Waals surface area (Å²) in [5.41, 5.74) is 6.79. The van der Waals surface area contributed by atoms with E-state index < -0.39 is 6.36 Å². The molecule has 0 atom stereocenters. The van der Waals surface area contributed by atoms with Crippen molar-refractivity contribution in [1.82, 2.24) is 9.97 Å². The van der Waals surface area contributed by atoms with E-state index in [0.717, 1.165) is 17.5 Å². The molecule has 0 radical (unpaired) electrons. The van der Waals surface area contributed by atoms with Crippen LogP contribution in [0.3, 0.4) is 0 Å². The number of hydrogen-bond donors (Lipinski definition) is 1. The number of alkyl halides is 3. The first-order chi connectivity index (χ1) is 13.0. The molecule has 0 spiro atoms. The minimum atomic E-state index is -4.72. The van der Waals surface area contributed by atoms with Gasteiger partial charge in [0.15, 0.2) is 0 Å². The fraction of sp³-hybridized carbons (Fsp3) is 0.0952. The Bertz CT molecular complexity index is 1180. The Labute approximate surface area is 152 Å². The van der Waals surface area contributed by atoms with Crippen molar-refractivity contribution in [2.75, 3.05) is 0 Å². The van der Waals surface area contributed by atoms with Crippen LogP contribution in [0.4, 0.5) is 13.2 Å². The van der Waals surface area contributed by atoms with Crippen LogP contribution in [0.1, 0.15) is 11.1 Å². The highest BCUT2D eigenvalue weighted by atomic mass is 19.4. The van der Waals surface area contributed by atoms with Crippen molar-refractivity contribution in [2.24, 2.45) is 0 Å². The normalized spacial score (nSPS) is 12.9. The third-order valence-corrected chi connectivity index (χ3v) is 4.76. The molecule has 0 amide bonds. The molecule has 0 bridgehead atoms. The summed E-state index contributed by atoms with van der Waals surface area (Å²) in [5, 5.41) is 0. The fourth-order valence-corrected chi connectivity index (χ4v) is 3.70. The molecule has 3 nitrogen and oxygen atoms in total. The summed E-state index contributed by atoms with van der Waals surface area (Å²) in [7, 11) is 0. The molecular weight excluding hydrogens is 353 g/mol. The Kier molecular flexibility index (Phi) is 3.31. The van der Waals surface area contributed by atoms with Gasteiger partial charge in [-0.1, -0.05) is 42.5 Å². The second-order valence-corrected chi connectivity index (χ2v) is 6.49. The lowest BCUT2D eigenvalue weighted by molar-refractivity contribution is -0.274. The lowest BCUT2D eigenvalue weighted by Gasteiger charge is -2.08. The van der Waals surface area contributed by atoms with E-state index in [-0.39, 0.29) is 5.75 Å². The fourth-order valence-electron chi connectivity index (χ4n) is 3.70. The van der Waals surface area contributed by atoms with E-state index in [9.17, 15) is 13.2 Å². The van der Waals surface area contributed by atoms with Crippen LogP contribution < -0.4 is 4.74 Å². The second-order valence-electron chi connectivity index (χ2n) is 6.49. The van der Waals surface area contributed by atoms with E-state index in [1.54, 1.807) is 0 Å². The number of aromatic amines is 1. The zero-order chi connectivity index (χ0) is 18.6. The number of imidazole rings is 1. The van der Waals surface area contributed by atoms with E-state index in [1.807, 2.05) is 24.3 Å².